The zero-order valence-electron chi connectivity index (χ0n) is 7.54. The van der Waals surface area contributed by atoms with Gasteiger partial charge in [0.2, 0.25) is 5.76 Å². The molecule has 0 amide bonds. The summed E-state index contributed by atoms with van der Waals surface area (Å²) in [7, 11) is 0. The van der Waals surface area contributed by atoms with E-state index in [0.29, 0.717) is 11.7 Å². The largest absolute Gasteiger partial charge is 0.475 e. The second kappa shape index (κ2) is 2.91. The summed E-state index contributed by atoms with van der Waals surface area (Å²) >= 11 is 0. The summed E-state index contributed by atoms with van der Waals surface area (Å²) in [5.41, 5.74) is 0.885. The molecule has 0 atom stereocenters. The molecule has 70 valence electrons. The molecule has 1 heterocycles. The average molecular weight is 180 g/mol. The van der Waals surface area contributed by atoms with Crippen molar-refractivity contribution in [3.05, 3.63) is 23.2 Å². The molecule has 1 fully saturated rings. The van der Waals surface area contributed by atoms with E-state index in [-0.39, 0.29) is 5.76 Å². The van der Waals surface area contributed by atoms with E-state index in [0.717, 1.165) is 18.4 Å². The van der Waals surface area contributed by atoms with Crippen LogP contribution in [-0.4, -0.2) is 11.1 Å². The maximum Gasteiger partial charge on any atom is 0.372 e. The molecule has 1 aliphatic carbocycles. The molecule has 0 spiro atoms. The molecular weight excluding hydrogens is 168 g/mol. The van der Waals surface area contributed by atoms with Crippen LogP contribution in [0.15, 0.2) is 10.5 Å². The molecule has 0 unspecified atom stereocenters. The van der Waals surface area contributed by atoms with Crippen LogP contribution in [0.25, 0.3) is 0 Å². The number of aryl methyl sites for hydroxylation is 1. The van der Waals surface area contributed by atoms with Crippen molar-refractivity contribution < 1.29 is 14.3 Å². The van der Waals surface area contributed by atoms with Gasteiger partial charge in [-0.3, -0.25) is 0 Å². The van der Waals surface area contributed by atoms with Crippen LogP contribution >= 0.6 is 0 Å². The lowest BCUT2D eigenvalue weighted by atomic mass is 9.80. The van der Waals surface area contributed by atoms with Crippen molar-refractivity contribution in [3.8, 4) is 0 Å². The van der Waals surface area contributed by atoms with Crippen LogP contribution in [0.1, 0.15) is 47.1 Å². The third-order valence-corrected chi connectivity index (χ3v) is 2.62. The number of hydrogen-bond donors (Lipinski definition) is 1. The normalized spacial score (nSPS) is 17.0. The Balaban J connectivity index is 2.36. The molecule has 1 aromatic heterocycles. The summed E-state index contributed by atoms with van der Waals surface area (Å²) in [6, 6.07) is 1.85. The predicted molar refractivity (Wildman–Crippen MR) is 47.0 cm³/mol. The number of hydrogen-bond acceptors (Lipinski definition) is 2. The molecule has 13 heavy (non-hydrogen) atoms. The highest BCUT2D eigenvalue weighted by molar-refractivity contribution is 5.86. The van der Waals surface area contributed by atoms with Gasteiger partial charge in [0.1, 0.15) is 5.76 Å². The Morgan fingerprint density at radius 1 is 1.62 bits per heavy atom. The summed E-state index contributed by atoms with van der Waals surface area (Å²) in [5.74, 6) is 0.306. The van der Waals surface area contributed by atoms with E-state index in [2.05, 4.69) is 0 Å². The van der Waals surface area contributed by atoms with Crippen molar-refractivity contribution in [1.82, 2.24) is 0 Å². The van der Waals surface area contributed by atoms with Crippen molar-refractivity contribution in [2.24, 2.45) is 0 Å². The minimum absolute atomic E-state index is 0.141. The zero-order valence-corrected chi connectivity index (χ0v) is 7.54. The van der Waals surface area contributed by atoms with Gasteiger partial charge >= 0.3 is 5.97 Å². The maximum atomic E-state index is 10.8. The molecule has 1 aliphatic rings. The van der Waals surface area contributed by atoms with Crippen LogP contribution < -0.4 is 0 Å². The Hall–Kier alpha value is -1.25. The Kier molecular flexibility index (Phi) is 1.87. The van der Waals surface area contributed by atoms with Crippen molar-refractivity contribution >= 4 is 5.97 Å². The third-order valence-electron chi connectivity index (χ3n) is 2.62. The summed E-state index contributed by atoms with van der Waals surface area (Å²) in [6.07, 6.45) is 3.40. The SMILES string of the molecule is Cc1cc(C2CCC2)c(C(=O)O)o1. The van der Waals surface area contributed by atoms with Crippen LogP contribution in [0.2, 0.25) is 0 Å². The molecule has 3 nitrogen and oxygen atoms in total. The van der Waals surface area contributed by atoms with Crippen molar-refractivity contribution in [2.75, 3.05) is 0 Å². The highest BCUT2D eigenvalue weighted by Crippen LogP contribution is 2.39. The molecular formula is C10H12O3. The highest BCUT2D eigenvalue weighted by Gasteiger charge is 2.27. The second-order valence-corrected chi connectivity index (χ2v) is 3.57. The Morgan fingerprint density at radius 3 is 2.77 bits per heavy atom. The van der Waals surface area contributed by atoms with Crippen LogP contribution in [0.4, 0.5) is 0 Å². The van der Waals surface area contributed by atoms with Gasteiger partial charge in [0, 0.05) is 5.56 Å². The zero-order chi connectivity index (χ0) is 9.42. The second-order valence-electron chi connectivity index (χ2n) is 3.57. The van der Waals surface area contributed by atoms with Gasteiger partial charge in [0.25, 0.3) is 0 Å². The van der Waals surface area contributed by atoms with Gasteiger partial charge in [-0.05, 0) is 31.7 Å². The van der Waals surface area contributed by atoms with Crippen molar-refractivity contribution in [3.63, 3.8) is 0 Å². The van der Waals surface area contributed by atoms with Gasteiger partial charge < -0.3 is 9.52 Å². The summed E-state index contributed by atoms with van der Waals surface area (Å²) in [5, 5.41) is 8.85. The van der Waals surface area contributed by atoms with E-state index in [9.17, 15) is 4.79 Å². The van der Waals surface area contributed by atoms with E-state index in [1.54, 1.807) is 6.92 Å². The molecule has 1 saturated carbocycles. The number of carboxylic acid groups (broad SMARTS) is 1. The quantitative estimate of drug-likeness (QED) is 0.760. The lowest BCUT2D eigenvalue weighted by Crippen LogP contribution is -2.11. The summed E-state index contributed by atoms with van der Waals surface area (Å²) in [6.45, 7) is 1.79. The Morgan fingerprint density at radius 2 is 2.31 bits per heavy atom. The van der Waals surface area contributed by atoms with E-state index in [1.165, 1.54) is 6.42 Å². The first-order valence-electron chi connectivity index (χ1n) is 4.52. The number of furan rings is 1. The first-order chi connectivity index (χ1) is 6.18. The Bertz CT molecular complexity index is 334. The smallest absolute Gasteiger partial charge is 0.372 e. The van der Waals surface area contributed by atoms with Crippen molar-refractivity contribution in [2.45, 2.75) is 32.1 Å². The lowest BCUT2D eigenvalue weighted by molar-refractivity contribution is 0.0657. The average Bonchev–Trinajstić information content (AvgIpc) is 2.27. The number of carboxylic acids is 1. The molecule has 1 N–H and O–H groups in total. The number of aromatic carboxylic acids is 1. The fourth-order valence-corrected chi connectivity index (χ4v) is 1.72. The molecule has 0 bridgehead atoms. The van der Waals surface area contributed by atoms with E-state index >= 15 is 0 Å². The number of carbonyl (C=O) groups is 1. The first kappa shape index (κ1) is 8.35. The van der Waals surface area contributed by atoms with Crippen LogP contribution in [0.3, 0.4) is 0 Å². The fourth-order valence-electron chi connectivity index (χ4n) is 1.72. The van der Waals surface area contributed by atoms with Gasteiger partial charge in [-0.15, -0.1) is 0 Å². The van der Waals surface area contributed by atoms with Gasteiger partial charge in [-0.25, -0.2) is 4.79 Å². The van der Waals surface area contributed by atoms with Gasteiger partial charge in [0.05, 0.1) is 0 Å². The topological polar surface area (TPSA) is 50.4 Å². The third kappa shape index (κ3) is 1.34. The molecule has 0 aliphatic heterocycles. The molecule has 0 aromatic carbocycles. The molecule has 2 rings (SSSR count). The minimum Gasteiger partial charge on any atom is -0.475 e. The summed E-state index contributed by atoms with van der Waals surface area (Å²) in [4.78, 5) is 10.8. The molecule has 0 saturated heterocycles. The molecule has 0 radical (unpaired) electrons. The number of rotatable bonds is 2. The van der Waals surface area contributed by atoms with Crippen molar-refractivity contribution in [1.29, 1.82) is 0 Å². The van der Waals surface area contributed by atoms with Gasteiger partial charge in [0.15, 0.2) is 0 Å². The van der Waals surface area contributed by atoms with E-state index in [4.69, 9.17) is 9.52 Å². The first-order valence-corrected chi connectivity index (χ1v) is 4.52. The minimum atomic E-state index is -0.949. The maximum absolute atomic E-state index is 10.8. The predicted octanol–water partition coefficient (Wildman–Crippen LogP) is 2.55. The van der Waals surface area contributed by atoms with Gasteiger partial charge in [-0.1, -0.05) is 6.42 Å². The van der Waals surface area contributed by atoms with E-state index < -0.39 is 5.97 Å². The standard InChI is InChI=1S/C10H12O3/c1-6-5-8(7-3-2-4-7)9(13-6)10(11)12/h5,7H,2-4H2,1H3,(H,11,12). The Labute approximate surface area is 76.4 Å². The monoisotopic (exact) mass is 180 g/mol. The van der Waals surface area contributed by atoms with Crippen LogP contribution in [0.5, 0.6) is 0 Å². The van der Waals surface area contributed by atoms with Crippen LogP contribution in [0, 0.1) is 6.92 Å². The van der Waals surface area contributed by atoms with Gasteiger partial charge in [-0.2, -0.15) is 0 Å². The fraction of sp³-hybridized carbons (Fsp3) is 0.500. The lowest BCUT2D eigenvalue weighted by Gasteiger charge is -2.24. The molecule has 3 heteroatoms. The molecule has 1 aromatic rings. The van der Waals surface area contributed by atoms with E-state index in [1.807, 2.05) is 6.07 Å². The highest BCUT2D eigenvalue weighted by atomic mass is 16.4. The van der Waals surface area contributed by atoms with Crippen LogP contribution in [-0.2, 0) is 0 Å². The summed E-state index contributed by atoms with van der Waals surface area (Å²) < 4.78 is 5.13.